The fourth-order valence-electron chi connectivity index (χ4n) is 9.03. The Balaban J connectivity index is 4.31. The minimum Gasteiger partial charge on any atom is -0.462 e. The SMILES string of the molecule is CCCCCC/C=C\CCCCCCCCCC(=O)OCC(COC(=O)CCCCCCCCCCCCCCCCCCC)OC(=O)CCCCCCCCCCCCCCCCCC. The zero-order chi connectivity index (χ0) is 47.9. The van der Waals surface area contributed by atoms with Gasteiger partial charge in [0.05, 0.1) is 0 Å². The topological polar surface area (TPSA) is 78.9 Å². The van der Waals surface area contributed by atoms with Crippen LogP contribution >= 0.6 is 0 Å². The summed E-state index contributed by atoms with van der Waals surface area (Å²) in [6.45, 7) is 6.69. The van der Waals surface area contributed by atoms with Crippen LogP contribution in [0, 0.1) is 0 Å². The summed E-state index contributed by atoms with van der Waals surface area (Å²) < 4.78 is 16.9. The molecule has 6 heteroatoms. The van der Waals surface area contributed by atoms with E-state index >= 15 is 0 Å². The molecular weight excluding hydrogens is 817 g/mol. The molecule has 1 unspecified atom stereocenters. The van der Waals surface area contributed by atoms with Gasteiger partial charge in [-0.3, -0.25) is 14.4 Å². The molecule has 0 fully saturated rings. The molecule has 66 heavy (non-hydrogen) atoms. The highest BCUT2D eigenvalue weighted by atomic mass is 16.6. The summed E-state index contributed by atoms with van der Waals surface area (Å²) in [5.41, 5.74) is 0. The largest absolute Gasteiger partial charge is 0.462 e. The lowest BCUT2D eigenvalue weighted by Gasteiger charge is -2.18. The second-order valence-corrected chi connectivity index (χ2v) is 20.3. The lowest BCUT2D eigenvalue weighted by molar-refractivity contribution is -0.167. The molecule has 0 aromatic rings. The number of ether oxygens (including phenoxy) is 3. The van der Waals surface area contributed by atoms with Gasteiger partial charge in [0.2, 0.25) is 0 Å². The van der Waals surface area contributed by atoms with Crippen molar-refractivity contribution in [2.24, 2.45) is 0 Å². The summed E-state index contributed by atoms with van der Waals surface area (Å²) in [6, 6.07) is 0. The Hall–Kier alpha value is -1.85. The van der Waals surface area contributed by atoms with E-state index in [9.17, 15) is 14.4 Å². The van der Waals surface area contributed by atoms with Gasteiger partial charge in [0.15, 0.2) is 6.10 Å². The highest BCUT2D eigenvalue weighted by Gasteiger charge is 2.19. The van der Waals surface area contributed by atoms with Crippen LogP contribution in [0.5, 0.6) is 0 Å². The van der Waals surface area contributed by atoms with Gasteiger partial charge in [-0.05, 0) is 44.9 Å². The monoisotopic (exact) mass is 931 g/mol. The minimum absolute atomic E-state index is 0.0650. The molecule has 0 aliphatic carbocycles. The van der Waals surface area contributed by atoms with E-state index in [-0.39, 0.29) is 31.1 Å². The molecule has 390 valence electrons. The van der Waals surface area contributed by atoms with Crippen molar-refractivity contribution in [1.29, 1.82) is 0 Å². The van der Waals surface area contributed by atoms with Crippen molar-refractivity contribution < 1.29 is 28.6 Å². The van der Waals surface area contributed by atoms with Crippen LogP contribution in [0.3, 0.4) is 0 Å². The molecule has 0 aliphatic rings. The first-order chi connectivity index (χ1) is 32.5. The van der Waals surface area contributed by atoms with Gasteiger partial charge in [0, 0.05) is 19.3 Å². The zero-order valence-corrected chi connectivity index (χ0v) is 44.7. The molecule has 0 aromatic heterocycles. The number of allylic oxidation sites excluding steroid dienone is 2. The van der Waals surface area contributed by atoms with E-state index in [1.54, 1.807) is 0 Å². The van der Waals surface area contributed by atoms with Gasteiger partial charge in [0.1, 0.15) is 13.2 Å². The predicted octanol–water partition coefficient (Wildman–Crippen LogP) is 19.7. The minimum atomic E-state index is -0.766. The third kappa shape index (κ3) is 53.1. The molecule has 0 aromatic carbocycles. The Morgan fingerprint density at radius 1 is 0.288 bits per heavy atom. The summed E-state index contributed by atoms with van der Waals surface area (Å²) in [4.78, 5) is 38.2. The van der Waals surface area contributed by atoms with Crippen LogP contribution < -0.4 is 0 Å². The second kappa shape index (κ2) is 55.7. The van der Waals surface area contributed by atoms with Gasteiger partial charge >= 0.3 is 17.9 Å². The molecule has 0 N–H and O–H groups in total. The van der Waals surface area contributed by atoms with Crippen LogP contribution in [0.15, 0.2) is 12.2 Å². The van der Waals surface area contributed by atoms with Crippen LogP contribution in [0.1, 0.15) is 335 Å². The third-order valence-electron chi connectivity index (χ3n) is 13.5. The van der Waals surface area contributed by atoms with Crippen LogP contribution in [-0.2, 0) is 28.6 Å². The molecule has 0 bridgehead atoms. The van der Waals surface area contributed by atoms with E-state index < -0.39 is 6.10 Å². The van der Waals surface area contributed by atoms with Gasteiger partial charge in [-0.1, -0.05) is 283 Å². The summed E-state index contributed by atoms with van der Waals surface area (Å²) >= 11 is 0. The maximum atomic E-state index is 12.9. The first kappa shape index (κ1) is 64.2. The predicted molar refractivity (Wildman–Crippen MR) is 284 cm³/mol. The first-order valence-electron chi connectivity index (χ1n) is 29.7. The molecule has 0 spiro atoms. The van der Waals surface area contributed by atoms with Crippen LogP contribution in [0.2, 0.25) is 0 Å². The summed E-state index contributed by atoms with van der Waals surface area (Å²) in [5, 5.41) is 0. The Kier molecular flexibility index (Phi) is 54.2. The van der Waals surface area contributed by atoms with Gasteiger partial charge in [-0.15, -0.1) is 0 Å². The molecule has 0 amide bonds. The number of carbonyl (C=O) groups excluding carboxylic acids is 3. The maximum Gasteiger partial charge on any atom is 0.306 e. The highest BCUT2D eigenvalue weighted by Crippen LogP contribution is 2.17. The molecule has 1 atom stereocenters. The van der Waals surface area contributed by atoms with Crippen molar-refractivity contribution in [2.45, 2.75) is 341 Å². The van der Waals surface area contributed by atoms with E-state index in [1.165, 1.54) is 238 Å². The van der Waals surface area contributed by atoms with Gasteiger partial charge in [0.25, 0.3) is 0 Å². The van der Waals surface area contributed by atoms with Crippen molar-refractivity contribution in [3.8, 4) is 0 Å². The number of esters is 3. The lowest BCUT2D eigenvalue weighted by atomic mass is 10.0. The Morgan fingerprint density at radius 3 is 0.773 bits per heavy atom. The van der Waals surface area contributed by atoms with Crippen LogP contribution in [0.25, 0.3) is 0 Å². The van der Waals surface area contributed by atoms with E-state index in [0.717, 1.165) is 57.8 Å². The number of unbranched alkanes of at least 4 members (excludes halogenated alkanes) is 42. The fraction of sp³-hybridized carbons (Fsp3) is 0.917. The number of hydrogen-bond donors (Lipinski definition) is 0. The number of hydrogen-bond acceptors (Lipinski definition) is 6. The third-order valence-corrected chi connectivity index (χ3v) is 13.5. The molecule has 0 radical (unpaired) electrons. The highest BCUT2D eigenvalue weighted by molar-refractivity contribution is 5.71. The summed E-state index contributed by atoms with van der Waals surface area (Å²) in [7, 11) is 0. The lowest BCUT2D eigenvalue weighted by Crippen LogP contribution is -2.30. The molecule has 0 aliphatic heterocycles. The molecular formula is C60H114O6. The quantitative estimate of drug-likeness (QED) is 0.0262. The Labute approximate surface area is 411 Å². The normalized spacial score (nSPS) is 12.0. The molecule has 0 saturated carbocycles. The van der Waals surface area contributed by atoms with Crippen LogP contribution in [0.4, 0.5) is 0 Å². The van der Waals surface area contributed by atoms with E-state index in [2.05, 4.69) is 32.9 Å². The van der Waals surface area contributed by atoms with E-state index in [1.807, 2.05) is 0 Å². The van der Waals surface area contributed by atoms with E-state index in [0.29, 0.717) is 19.3 Å². The van der Waals surface area contributed by atoms with Crippen molar-refractivity contribution in [3.63, 3.8) is 0 Å². The molecule has 0 rings (SSSR count). The Morgan fingerprint density at radius 2 is 0.500 bits per heavy atom. The second-order valence-electron chi connectivity index (χ2n) is 20.3. The maximum absolute atomic E-state index is 12.9. The first-order valence-corrected chi connectivity index (χ1v) is 29.7. The molecule has 0 saturated heterocycles. The average Bonchev–Trinajstić information content (AvgIpc) is 3.31. The van der Waals surface area contributed by atoms with Gasteiger partial charge < -0.3 is 14.2 Å². The fourth-order valence-corrected chi connectivity index (χ4v) is 9.03. The number of rotatable bonds is 55. The smallest absolute Gasteiger partial charge is 0.306 e. The van der Waals surface area contributed by atoms with Crippen molar-refractivity contribution in [3.05, 3.63) is 12.2 Å². The van der Waals surface area contributed by atoms with Crippen molar-refractivity contribution in [1.82, 2.24) is 0 Å². The summed E-state index contributed by atoms with van der Waals surface area (Å²) in [6.07, 6.45) is 63.4. The van der Waals surface area contributed by atoms with Gasteiger partial charge in [-0.2, -0.15) is 0 Å². The molecule has 6 nitrogen and oxygen atoms in total. The molecule has 0 heterocycles. The van der Waals surface area contributed by atoms with Crippen molar-refractivity contribution >= 4 is 17.9 Å². The van der Waals surface area contributed by atoms with Crippen LogP contribution in [-0.4, -0.2) is 37.2 Å². The van der Waals surface area contributed by atoms with Gasteiger partial charge in [-0.25, -0.2) is 0 Å². The van der Waals surface area contributed by atoms with E-state index in [4.69, 9.17) is 14.2 Å². The Bertz CT molecular complexity index is 1020. The number of carbonyl (C=O) groups is 3. The standard InChI is InChI=1S/C60H114O6/c1-4-7-10-13-16-19-22-25-28-30-33-35-38-41-44-47-50-53-59(62)65-56-57(55-64-58(61)52-49-46-43-40-37-34-31-27-24-21-18-15-12-9-6-3)66-60(63)54-51-48-45-42-39-36-32-29-26-23-20-17-14-11-8-5-2/h21,24,57H,4-20,22-23,25-56H2,1-3H3/b24-21-. The van der Waals surface area contributed by atoms with Crippen molar-refractivity contribution in [2.75, 3.05) is 13.2 Å². The zero-order valence-electron chi connectivity index (χ0n) is 44.7. The summed E-state index contributed by atoms with van der Waals surface area (Å²) in [5.74, 6) is -0.843. The average molecular weight is 932 g/mol.